The lowest BCUT2D eigenvalue weighted by molar-refractivity contribution is 0.147. The van der Waals surface area contributed by atoms with Gasteiger partial charge in [0.2, 0.25) is 0 Å². The van der Waals surface area contributed by atoms with Crippen LogP contribution in [0.1, 0.15) is 17.8 Å². The molecule has 0 saturated carbocycles. The number of nitrogens with zero attached hydrogens (tertiary/aromatic N) is 2. The molecule has 0 aliphatic heterocycles. The van der Waals surface area contributed by atoms with Gasteiger partial charge in [-0.3, -0.25) is 0 Å². The molecule has 0 bridgehead atoms. The second kappa shape index (κ2) is 3.81. The molecule has 0 amide bonds. The Morgan fingerprint density at radius 2 is 2.23 bits per heavy atom. The molecular weight excluding hydrogens is 176 g/mol. The Balaban J connectivity index is 3.05. The topological polar surface area (TPSA) is 62.7 Å². The van der Waals surface area contributed by atoms with Crippen LogP contribution in [0, 0.1) is 11.3 Å². The van der Waals surface area contributed by atoms with Gasteiger partial charge in [-0.05, 0) is 12.1 Å². The zero-order valence-electron chi connectivity index (χ0n) is 6.67. The third kappa shape index (κ3) is 2.12. The summed E-state index contributed by atoms with van der Waals surface area (Å²) in [5.41, 5.74) is 5.08. The molecular formula is C8H7F2N3. The SMILES string of the molecule is N#CCc1ccc(N)c(C(F)F)n1. The summed E-state index contributed by atoms with van der Waals surface area (Å²) in [5, 5.41) is 8.31. The van der Waals surface area contributed by atoms with Crippen molar-refractivity contribution in [3.8, 4) is 6.07 Å². The Morgan fingerprint density at radius 3 is 2.77 bits per heavy atom. The molecule has 3 nitrogen and oxygen atoms in total. The van der Waals surface area contributed by atoms with E-state index in [0.717, 1.165) is 0 Å². The van der Waals surface area contributed by atoms with Gasteiger partial charge in [-0.25, -0.2) is 13.8 Å². The van der Waals surface area contributed by atoms with Crippen molar-refractivity contribution in [3.05, 3.63) is 23.5 Å². The number of alkyl halides is 2. The smallest absolute Gasteiger partial charge is 0.282 e. The van der Waals surface area contributed by atoms with E-state index in [-0.39, 0.29) is 12.1 Å². The summed E-state index contributed by atoms with van der Waals surface area (Å²) in [6.45, 7) is 0. The van der Waals surface area contributed by atoms with Gasteiger partial charge in [0.25, 0.3) is 6.43 Å². The highest BCUT2D eigenvalue weighted by Gasteiger charge is 2.13. The number of halogens is 2. The molecule has 0 atom stereocenters. The van der Waals surface area contributed by atoms with Crippen LogP contribution >= 0.6 is 0 Å². The third-order valence-corrected chi connectivity index (χ3v) is 1.48. The lowest BCUT2D eigenvalue weighted by Crippen LogP contribution is -2.01. The summed E-state index contributed by atoms with van der Waals surface area (Å²) in [6, 6.07) is 4.62. The van der Waals surface area contributed by atoms with E-state index in [4.69, 9.17) is 11.0 Å². The Kier molecular flexibility index (Phi) is 2.75. The summed E-state index contributed by atoms with van der Waals surface area (Å²) in [4.78, 5) is 3.56. The minimum Gasteiger partial charge on any atom is -0.397 e. The summed E-state index contributed by atoms with van der Waals surface area (Å²) in [5.74, 6) is 0. The van der Waals surface area contributed by atoms with Crippen molar-refractivity contribution >= 4 is 5.69 Å². The molecule has 13 heavy (non-hydrogen) atoms. The maximum atomic E-state index is 12.2. The van der Waals surface area contributed by atoms with Gasteiger partial charge >= 0.3 is 0 Å². The zero-order chi connectivity index (χ0) is 9.84. The molecule has 1 aromatic rings. The quantitative estimate of drug-likeness (QED) is 0.758. The van der Waals surface area contributed by atoms with E-state index in [1.54, 1.807) is 0 Å². The van der Waals surface area contributed by atoms with E-state index < -0.39 is 12.1 Å². The van der Waals surface area contributed by atoms with Crippen LogP contribution in [0.2, 0.25) is 0 Å². The molecule has 1 aromatic heterocycles. The molecule has 0 aromatic carbocycles. The minimum atomic E-state index is -2.70. The van der Waals surface area contributed by atoms with E-state index in [1.807, 2.05) is 6.07 Å². The molecule has 1 heterocycles. The van der Waals surface area contributed by atoms with Crippen molar-refractivity contribution in [3.63, 3.8) is 0 Å². The Bertz CT molecular complexity index is 344. The Labute approximate surface area is 73.8 Å². The van der Waals surface area contributed by atoms with Gasteiger partial charge in [0.15, 0.2) is 0 Å². The van der Waals surface area contributed by atoms with E-state index in [2.05, 4.69) is 4.98 Å². The fourth-order valence-corrected chi connectivity index (χ4v) is 0.882. The molecule has 0 radical (unpaired) electrons. The van der Waals surface area contributed by atoms with Gasteiger partial charge < -0.3 is 5.73 Å². The molecule has 0 saturated heterocycles. The molecule has 5 heteroatoms. The molecule has 2 N–H and O–H groups in total. The van der Waals surface area contributed by atoms with E-state index >= 15 is 0 Å². The lowest BCUT2D eigenvalue weighted by atomic mass is 10.2. The normalized spacial score (nSPS) is 10.0. The van der Waals surface area contributed by atoms with Crippen molar-refractivity contribution in [1.82, 2.24) is 4.98 Å². The summed E-state index contributed by atoms with van der Waals surface area (Å²) < 4.78 is 24.4. The lowest BCUT2D eigenvalue weighted by Gasteiger charge is -2.04. The highest BCUT2D eigenvalue weighted by Crippen LogP contribution is 2.22. The van der Waals surface area contributed by atoms with Crippen LogP contribution in [0.15, 0.2) is 12.1 Å². The summed E-state index contributed by atoms with van der Waals surface area (Å²) in [6.07, 6.45) is -2.68. The molecule has 0 unspecified atom stereocenters. The van der Waals surface area contributed by atoms with Crippen molar-refractivity contribution in [2.75, 3.05) is 5.73 Å². The number of hydrogen-bond donors (Lipinski definition) is 1. The average Bonchev–Trinajstić information content (AvgIpc) is 2.08. The van der Waals surface area contributed by atoms with Crippen LogP contribution in [-0.2, 0) is 6.42 Å². The number of anilines is 1. The molecule has 1 rings (SSSR count). The zero-order valence-corrected chi connectivity index (χ0v) is 6.67. The van der Waals surface area contributed by atoms with E-state index in [1.165, 1.54) is 12.1 Å². The number of aromatic nitrogens is 1. The standard InChI is InChI=1S/C8H7F2N3/c9-8(10)7-6(12)2-1-5(13-7)3-4-11/h1-2,8H,3,12H2. The highest BCUT2D eigenvalue weighted by atomic mass is 19.3. The predicted molar refractivity (Wildman–Crippen MR) is 42.9 cm³/mol. The molecule has 0 aliphatic rings. The van der Waals surface area contributed by atoms with Crippen molar-refractivity contribution < 1.29 is 8.78 Å². The van der Waals surface area contributed by atoms with E-state index in [0.29, 0.717) is 5.69 Å². The first-order chi connectivity index (χ1) is 6.15. The average molecular weight is 183 g/mol. The van der Waals surface area contributed by atoms with Crippen LogP contribution in [0.25, 0.3) is 0 Å². The number of nitriles is 1. The van der Waals surface area contributed by atoms with Crippen LogP contribution in [0.4, 0.5) is 14.5 Å². The molecule has 0 aliphatic carbocycles. The summed E-state index contributed by atoms with van der Waals surface area (Å²) >= 11 is 0. The van der Waals surface area contributed by atoms with Crippen LogP contribution < -0.4 is 5.73 Å². The maximum absolute atomic E-state index is 12.2. The van der Waals surface area contributed by atoms with Crippen molar-refractivity contribution in [2.24, 2.45) is 0 Å². The number of nitrogen functional groups attached to an aromatic ring is 1. The first kappa shape index (κ1) is 9.39. The van der Waals surface area contributed by atoms with Gasteiger partial charge in [0.1, 0.15) is 5.69 Å². The first-order valence-electron chi connectivity index (χ1n) is 3.55. The fourth-order valence-electron chi connectivity index (χ4n) is 0.882. The minimum absolute atomic E-state index is 0.0139. The fraction of sp³-hybridized carbons (Fsp3) is 0.250. The number of rotatable bonds is 2. The van der Waals surface area contributed by atoms with Crippen LogP contribution in [-0.4, -0.2) is 4.98 Å². The number of hydrogen-bond acceptors (Lipinski definition) is 3. The second-order valence-corrected chi connectivity index (χ2v) is 2.41. The Morgan fingerprint density at radius 1 is 1.54 bits per heavy atom. The maximum Gasteiger partial charge on any atom is 0.282 e. The highest BCUT2D eigenvalue weighted by molar-refractivity contribution is 5.44. The van der Waals surface area contributed by atoms with Gasteiger partial charge in [0.05, 0.1) is 23.9 Å². The van der Waals surface area contributed by atoms with Crippen LogP contribution in [0.5, 0.6) is 0 Å². The first-order valence-corrected chi connectivity index (χ1v) is 3.55. The number of nitrogens with two attached hydrogens (primary N) is 1. The second-order valence-electron chi connectivity index (χ2n) is 2.41. The van der Waals surface area contributed by atoms with Crippen molar-refractivity contribution in [1.29, 1.82) is 5.26 Å². The number of pyridine rings is 1. The van der Waals surface area contributed by atoms with Crippen LogP contribution in [0.3, 0.4) is 0 Å². The largest absolute Gasteiger partial charge is 0.397 e. The van der Waals surface area contributed by atoms with Gasteiger partial charge in [-0.15, -0.1) is 0 Å². The summed E-state index contributed by atoms with van der Waals surface area (Å²) in [7, 11) is 0. The third-order valence-electron chi connectivity index (χ3n) is 1.48. The van der Waals surface area contributed by atoms with E-state index in [9.17, 15) is 8.78 Å². The van der Waals surface area contributed by atoms with Crippen molar-refractivity contribution in [2.45, 2.75) is 12.8 Å². The molecule has 68 valence electrons. The molecule has 0 fully saturated rings. The van der Waals surface area contributed by atoms with Gasteiger partial charge in [0, 0.05) is 0 Å². The van der Waals surface area contributed by atoms with Gasteiger partial charge in [-0.1, -0.05) is 0 Å². The Hall–Kier alpha value is -1.70. The predicted octanol–water partition coefficient (Wildman–Crippen LogP) is 1.67. The monoisotopic (exact) mass is 183 g/mol. The van der Waals surface area contributed by atoms with Gasteiger partial charge in [-0.2, -0.15) is 5.26 Å². The molecule has 0 spiro atoms.